The Balaban J connectivity index is 2.50. The highest BCUT2D eigenvalue weighted by molar-refractivity contribution is 5.93. The fourth-order valence-electron chi connectivity index (χ4n) is 4.23. The van der Waals surface area contributed by atoms with Gasteiger partial charge >= 0.3 is 0 Å². The van der Waals surface area contributed by atoms with Gasteiger partial charge in [-0.25, -0.2) is 0 Å². The first-order valence-electron chi connectivity index (χ1n) is 12.9. The van der Waals surface area contributed by atoms with E-state index in [-0.39, 0.29) is 23.7 Å². The number of benzene rings is 1. The minimum atomic E-state index is -0.993. The van der Waals surface area contributed by atoms with Crippen LogP contribution in [-0.2, 0) is 14.4 Å². The van der Waals surface area contributed by atoms with Crippen molar-refractivity contribution in [1.82, 2.24) is 20.9 Å². The lowest BCUT2D eigenvalue weighted by Crippen LogP contribution is -2.61. The van der Waals surface area contributed by atoms with Crippen LogP contribution in [-0.4, -0.2) is 60.9 Å². The number of carbonyl (C=O) groups excluding carboxylic acids is 3. The van der Waals surface area contributed by atoms with E-state index in [0.29, 0.717) is 24.5 Å². The van der Waals surface area contributed by atoms with Gasteiger partial charge in [-0.15, -0.1) is 0 Å². The van der Waals surface area contributed by atoms with E-state index in [9.17, 15) is 14.4 Å². The molecule has 2 aliphatic rings. The van der Waals surface area contributed by atoms with E-state index in [4.69, 9.17) is 4.74 Å². The zero-order chi connectivity index (χ0) is 27.0. The number of ether oxygens (including phenoxy) is 1. The molecule has 0 aliphatic carbocycles. The average Bonchev–Trinajstić information content (AvgIpc) is 2.78. The molecule has 0 spiro atoms. The van der Waals surface area contributed by atoms with Gasteiger partial charge in [0.25, 0.3) is 0 Å². The molecule has 2 aliphatic heterocycles. The zero-order valence-corrected chi connectivity index (χ0v) is 23.0. The topological polar surface area (TPSA) is 99.8 Å². The van der Waals surface area contributed by atoms with Crippen molar-refractivity contribution in [1.29, 1.82) is 0 Å². The quantitative estimate of drug-likeness (QED) is 0.509. The second-order valence-corrected chi connectivity index (χ2v) is 11.0. The Morgan fingerprint density at radius 1 is 1.00 bits per heavy atom. The Bertz CT molecular complexity index is 909. The van der Waals surface area contributed by atoms with Crippen molar-refractivity contribution in [3.8, 4) is 5.75 Å². The molecular weight excluding hydrogens is 456 g/mol. The first kappa shape index (κ1) is 29.4. The number of likely N-dealkylation sites (N-methyl/N-ethyl adjacent to an activating group) is 1. The summed E-state index contributed by atoms with van der Waals surface area (Å²) in [4.78, 5) is 42.0. The normalized spacial score (nSPS) is 21.8. The third-order valence-corrected chi connectivity index (χ3v) is 6.18. The molecular formula is C28H44N4O4. The van der Waals surface area contributed by atoms with Gasteiger partial charge in [-0.05, 0) is 68.5 Å². The Labute approximate surface area is 216 Å². The van der Waals surface area contributed by atoms with E-state index in [1.54, 1.807) is 12.3 Å². The third-order valence-electron chi connectivity index (χ3n) is 6.18. The van der Waals surface area contributed by atoms with Crippen LogP contribution in [0.25, 0.3) is 6.08 Å². The SMILES string of the molecule is CC(C)CC1NC(=O)[C@@H](NC(=O)[C@H](CC(C)C)N(C)C)[C@@H](C(C)C)Oc2ccc(cc2)C=CNC1=O. The largest absolute Gasteiger partial charge is 0.487 e. The molecule has 8 nitrogen and oxygen atoms in total. The zero-order valence-electron chi connectivity index (χ0n) is 23.0. The van der Waals surface area contributed by atoms with Crippen molar-refractivity contribution in [3.05, 3.63) is 36.0 Å². The van der Waals surface area contributed by atoms with Crippen molar-refractivity contribution in [2.24, 2.45) is 17.8 Å². The maximum atomic E-state index is 13.7. The van der Waals surface area contributed by atoms with Crippen molar-refractivity contribution in [2.75, 3.05) is 14.1 Å². The number of nitrogens with zero attached hydrogens (tertiary/aromatic N) is 1. The lowest BCUT2D eigenvalue weighted by molar-refractivity contribution is -0.136. The van der Waals surface area contributed by atoms with E-state index in [1.807, 2.05) is 71.0 Å². The molecule has 0 aromatic heterocycles. The van der Waals surface area contributed by atoms with Gasteiger partial charge in [-0.1, -0.05) is 53.7 Å². The monoisotopic (exact) mass is 500 g/mol. The summed E-state index contributed by atoms with van der Waals surface area (Å²) in [5.41, 5.74) is 0.901. The van der Waals surface area contributed by atoms with Crippen LogP contribution in [0.5, 0.6) is 5.75 Å². The molecule has 0 radical (unpaired) electrons. The predicted octanol–water partition coefficient (Wildman–Crippen LogP) is 3.18. The molecule has 1 aromatic rings. The molecule has 2 heterocycles. The third kappa shape index (κ3) is 8.66. The van der Waals surface area contributed by atoms with Gasteiger partial charge in [0.2, 0.25) is 17.7 Å². The van der Waals surface area contributed by atoms with Crippen molar-refractivity contribution >= 4 is 23.8 Å². The van der Waals surface area contributed by atoms with E-state index in [2.05, 4.69) is 29.8 Å². The van der Waals surface area contributed by atoms with Crippen LogP contribution in [0, 0.1) is 17.8 Å². The summed E-state index contributed by atoms with van der Waals surface area (Å²) in [6.45, 7) is 12.0. The Kier molecular flexibility index (Phi) is 11.0. The highest BCUT2D eigenvalue weighted by Crippen LogP contribution is 2.21. The molecule has 36 heavy (non-hydrogen) atoms. The van der Waals surface area contributed by atoms with Gasteiger partial charge in [0.1, 0.15) is 23.9 Å². The first-order valence-corrected chi connectivity index (χ1v) is 12.9. The van der Waals surface area contributed by atoms with Crippen LogP contribution in [0.3, 0.4) is 0 Å². The summed E-state index contributed by atoms with van der Waals surface area (Å²) >= 11 is 0. The number of hydrogen-bond donors (Lipinski definition) is 3. The minimum absolute atomic E-state index is 0.103. The average molecular weight is 501 g/mol. The molecule has 0 saturated heterocycles. The number of fused-ring (bicyclic) bond motifs is 10. The van der Waals surface area contributed by atoms with Crippen LogP contribution in [0.4, 0.5) is 0 Å². The molecule has 1 aromatic carbocycles. The first-order chi connectivity index (χ1) is 16.9. The predicted molar refractivity (Wildman–Crippen MR) is 143 cm³/mol. The Hall–Kier alpha value is -2.87. The smallest absolute Gasteiger partial charge is 0.247 e. The fourth-order valence-corrected chi connectivity index (χ4v) is 4.23. The maximum absolute atomic E-state index is 13.7. The molecule has 200 valence electrons. The fraction of sp³-hybridized carbons (Fsp3) is 0.607. The number of rotatable bonds is 8. The molecule has 3 amide bonds. The molecule has 4 atom stereocenters. The molecule has 1 unspecified atom stereocenters. The molecule has 3 rings (SSSR count). The molecule has 2 bridgehead atoms. The van der Waals surface area contributed by atoms with Gasteiger partial charge in [0.05, 0.1) is 6.04 Å². The van der Waals surface area contributed by atoms with Crippen LogP contribution >= 0.6 is 0 Å². The van der Waals surface area contributed by atoms with Crippen LogP contribution in [0.2, 0.25) is 0 Å². The van der Waals surface area contributed by atoms with Crippen molar-refractivity contribution < 1.29 is 19.1 Å². The number of amides is 3. The summed E-state index contributed by atoms with van der Waals surface area (Å²) in [6.07, 6.45) is 3.82. The maximum Gasteiger partial charge on any atom is 0.247 e. The summed E-state index contributed by atoms with van der Waals surface area (Å²) in [7, 11) is 3.71. The van der Waals surface area contributed by atoms with E-state index in [1.165, 1.54) is 0 Å². The molecule has 8 heteroatoms. The Morgan fingerprint density at radius 3 is 2.17 bits per heavy atom. The van der Waals surface area contributed by atoms with E-state index in [0.717, 1.165) is 5.56 Å². The lowest BCUT2D eigenvalue weighted by Gasteiger charge is -2.34. The van der Waals surface area contributed by atoms with Gasteiger partial charge in [-0.3, -0.25) is 19.3 Å². The van der Waals surface area contributed by atoms with Crippen LogP contribution < -0.4 is 20.7 Å². The molecule has 0 saturated carbocycles. The van der Waals surface area contributed by atoms with Gasteiger partial charge in [-0.2, -0.15) is 0 Å². The number of carbonyl (C=O) groups is 3. The highest BCUT2D eigenvalue weighted by atomic mass is 16.5. The summed E-state index contributed by atoms with van der Waals surface area (Å²) in [5, 5.41) is 8.67. The second kappa shape index (κ2) is 13.4. The Morgan fingerprint density at radius 2 is 1.64 bits per heavy atom. The molecule has 0 fully saturated rings. The van der Waals surface area contributed by atoms with Gasteiger partial charge < -0.3 is 20.7 Å². The highest BCUT2D eigenvalue weighted by Gasteiger charge is 2.38. The van der Waals surface area contributed by atoms with E-state index < -0.39 is 30.1 Å². The summed E-state index contributed by atoms with van der Waals surface area (Å²) in [5.74, 6) is -0.0262. The lowest BCUT2D eigenvalue weighted by atomic mass is 9.95. The van der Waals surface area contributed by atoms with Crippen molar-refractivity contribution in [2.45, 2.75) is 78.6 Å². The van der Waals surface area contributed by atoms with Crippen molar-refractivity contribution in [3.63, 3.8) is 0 Å². The van der Waals surface area contributed by atoms with Crippen LogP contribution in [0.15, 0.2) is 30.5 Å². The second-order valence-electron chi connectivity index (χ2n) is 11.0. The number of nitrogens with one attached hydrogen (secondary N) is 3. The van der Waals surface area contributed by atoms with Crippen LogP contribution in [0.1, 0.15) is 59.9 Å². The van der Waals surface area contributed by atoms with E-state index >= 15 is 0 Å². The summed E-state index contributed by atoms with van der Waals surface area (Å²) in [6, 6.07) is 5.25. The standard InChI is InChI=1S/C28H44N4O4/c1-17(2)15-22-26(33)29-14-13-20-9-11-21(12-10-20)36-25(19(5)6)24(28(35)30-22)31-27(34)23(32(7)8)16-18(3)4/h9-14,17-19,22-25H,15-16H2,1-8H3,(H,29,33)(H,30,35)(H,31,34)/t22?,23-,24-,25+/m0/s1. The summed E-state index contributed by atoms with van der Waals surface area (Å²) < 4.78 is 6.31. The van der Waals surface area contributed by atoms with Gasteiger partial charge in [0, 0.05) is 6.20 Å². The minimum Gasteiger partial charge on any atom is -0.487 e. The van der Waals surface area contributed by atoms with Gasteiger partial charge in [0.15, 0.2) is 0 Å². The number of hydrogen-bond acceptors (Lipinski definition) is 5. The molecule has 3 N–H and O–H groups in total.